The van der Waals surface area contributed by atoms with E-state index in [4.69, 9.17) is 0 Å². The summed E-state index contributed by atoms with van der Waals surface area (Å²) in [6.45, 7) is 6.50. The van der Waals surface area contributed by atoms with E-state index in [0.717, 1.165) is 5.84 Å². The quantitative estimate of drug-likeness (QED) is 0.718. The second-order valence-corrected chi connectivity index (χ2v) is 4.37. The van der Waals surface area contributed by atoms with Crippen LogP contribution in [0.5, 0.6) is 0 Å². The predicted octanol–water partition coefficient (Wildman–Crippen LogP) is 2.20. The van der Waals surface area contributed by atoms with Crippen molar-refractivity contribution in [2.45, 2.75) is 32.4 Å². The van der Waals surface area contributed by atoms with E-state index < -0.39 is 0 Å². The fraction of sp³-hybridized carbons (Fsp3) is 0.417. The van der Waals surface area contributed by atoms with E-state index in [-0.39, 0.29) is 5.54 Å². The minimum absolute atomic E-state index is 0.0746. The molecule has 0 aliphatic carbocycles. The third kappa shape index (κ3) is 1.52. The molecule has 2 rings (SSSR count). The molecule has 0 saturated heterocycles. The fourth-order valence-electron chi connectivity index (χ4n) is 1.54. The SMILES string of the molecule is CC1N=C(c2ccccc2)NC1(C)C. The highest BCUT2D eigenvalue weighted by atomic mass is 15.2. The molecule has 1 aromatic carbocycles. The zero-order valence-electron chi connectivity index (χ0n) is 8.91. The maximum absolute atomic E-state index is 4.62. The molecule has 0 bridgehead atoms. The maximum atomic E-state index is 4.62. The molecule has 1 atom stereocenters. The van der Waals surface area contributed by atoms with Crippen LogP contribution in [0.4, 0.5) is 0 Å². The molecule has 1 unspecified atom stereocenters. The van der Waals surface area contributed by atoms with Crippen molar-refractivity contribution >= 4 is 5.84 Å². The molecule has 0 saturated carbocycles. The lowest BCUT2D eigenvalue weighted by Crippen LogP contribution is -2.43. The number of benzene rings is 1. The summed E-state index contributed by atoms with van der Waals surface area (Å²) in [5, 5.41) is 3.45. The zero-order chi connectivity index (χ0) is 10.2. The van der Waals surface area contributed by atoms with Gasteiger partial charge in [0.15, 0.2) is 0 Å². The number of nitrogens with one attached hydrogen (secondary N) is 1. The lowest BCUT2D eigenvalue weighted by atomic mass is 9.98. The van der Waals surface area contributed by atoms with Gasteiger partial charge in [0.25, 0.3) is 0 Å². The molecule has 0 amide bonds. The van der Waals surface area contributed by atoms with Gasteiger partial charge in [-0.3, -0.25) is 4.99 Å². The summed E-state index contributed by atoms with van der Waals surface area (Å²) in [5.41, 5.74) is 1.25. The Bertz CT molecular complexity index is 352. The molecule has 0 radical (unpaired) electrons. The number of rotatable bonds is 1. The van der Waals surface area contributed by atoms with Crippen molar-refractivity contribution in [3.05, 3.63) is 35.9 Å². The van der Waals surface area contributed by atoms with Crippen LogP contribution in [0.25, 0.3) is 0 Å². The largest absolute Gasteiger partial charge is 0.363 e. The summed E-state index contributed by atoms with van der Waals surface area (Å²) in [6.07, 6.45) is 0. The summed E-state index contributed by atoms with van der Waals surface area (Å²) >= 11 is 0. The van der Waals surface area contributed by atoms with Gasteiger partial charge in [0.05, 0.1) is 11.6 Å². The van der Waals surface area contributed by atoms with Crippen molar-refractivity contribution in [3.8, 4) is 0 Å². The van der Waals surface area contributed by atoms with E-state index in [1.54, 1.807) is 0 Å². The van der Waals surface area contributed by atoms with Crippen LogP contribution in [0.2, 0.25) is 0 Å². The van der Waals surface area contributed by atoms with Crippen molar-refractivity contribution in [1.82, 2.24) is 5.32 Å². The van der Waals surface area contributed by atoms with Gasteiger partial charge in [0.1, 0.15) is 5.84 Å². The minimum Gasteiger partial charge on any atom is -0.363 e. The molecule has 1 aliphatic rings. The zero-order valence-corrected chi connectivity index (χ0v) is 8.91. The van der Waals surface area contributed by atoms with E-state index in [1.165, 1.54) is 5.56 Å². The second kappa shape index (κ2) is 3.12. The van der Waals surface area contributed by atoms with Gasteiger partial charge in [-0.15, -0.1) is 0 Å². The van der Waals surface area contributed by atoms with Gasteiger partial charge in [-0.05, 0) is 20.8 Å². The van der Waals surface area contributed by atoms with E-state index in [9.17, 15) is 0 Å². The van der Waals surface area contributed by atoms with Gasteiger partial charge in [0.2, 0.25) is 0 Å². The molecule has 1 aromatic rings. The maximum Gasteiger partial charge on any atom is 0.129 e. The van der Waals surface area contributed by atoms with Gasteiger partial charge in [-0.1, -0.05) is 30.3 Å². The van der Waals surface area contributed by atoms with E-state index in [2.05, 4.69) is 43.2 Å². The van der Waals surface area contributed by atoms with Crippen LogP contribution < -0.4 is 5.32 Å². The average Bonchev–Trinajstić information content (AvgIpc) is 2.43. The van der Waals surface area contributed by atoms with E-state index in [1.807, 2.05) is 18.2 Å². The first-order valence-corrected chi connectivity index (χ1v) is 5.01. The molecular weight excluding hydrogens is 172 g/mol. The molecule has 74 valence electrons. The minimum atomic E-state index is 0.0746. The van der Waals surface area contributed by atoms with Crippen LogP contribution in [0, 0.1) is 0 Å². The Balaban J connectivity index is 2.28. The number of aliphatic imine (C=N–C) groups is 1. The van der Waals surface area contributed by atoms with Gasteiger partial charge in [0, 0.05) is 5.56 Å². The third-order valence-electron chi connectivity index (χ3n) is 2.85. The smallest absolute Gasteiger partial charge is 0.129 e. The molecule has 1 N–H and O–H groups in total. The molecule has 14 heavy (non-hydrogen) atoms. The van der Waals surface area contributed by atoms with Crippen LogP contribution in [0.1, 0.15) is 26.3 Å². The fourth-order valence-corrected chi connectivity index (χ4v) is 1.54. The number of hydrogen-bond acceptors (Lipinski definition) is 2. The Labute approximate surface area is 85.1 Å². The van der Waals surface area contributed by atoms with Crippen molar-refractivity contribution in [2.24, 2.45) is 4.99 Å². The van der Waals surface area contributed by atoms with Crippen LogP contribution >= 0.6 is 0 Å². The summed E-state index contributed by atoms with van der Waals surface area (Å²) in [7, 11) is 0. The molecule has 2 heteroatoms. The summed E-state index contributed by atoms with van der Waals surface area (Å²) < 4.78 is 0. The van der Waals surface area contributed by atoms with Crippen LogP contribution in [-0.4, -0.2) is 17.4 Å². The second-order valence-electron chi connectivity index (χ2n) is 4.37. The van der Waals surface area contributed by atoms with Crippen LogP contribution in [0.3, 0.4) is 0 Å². The molecule has 1 aliphatic heterocycles. The lowest BCUT2D eigenvalue weighted by Gasteiger charge is -2.23. The standard InChI is InChI=1S/C12H16N2/c1-9-12(2,3)14-11(13-9)10-7-5-4-6-8-10/h4-9H,1-3H3,(H,13,14). The number of hydrogen-bond donors (Lipinski definition) is 1. The van der Waals surface area contributed by atoms with E-state index in [0.29, 0.717) is 6.04 Å². The molecule has 0 fully saturated rings. The molecule has 2 nitrogen and oxygen atoms in total. The highest BCUT2D eigenvalue weighted by Gasteiger charge is 2.32. The van der Waals surface area contributed by atoms with Crippen molar-refractivity contribution in [2.75, 3.05) is 0 Å². The first kappa shape index (κ1) is 9.25. The Morgan fingerprint density at radius 2 is 1.86 bits per heavy atom. The van der Waals surface area contributed by atoms with Gasteiger partial charge >= 0.3 is 0 Å². The van der Waals surface area contributed by atoms with Crippen molar-refractivity contribution in [3.63, 3.8) is 0 Å². The normalized spacial score (nSPS) is 24.2. The Hall–Kier alpha value is -1.31. The third-order valence-corrected chi connectivity index (χ3v) is 2.85. The number of nitrogens with zero attached hydrogens (tertiary/aromatic N) is 1. The highest BCUT2D eigenvalue weighted by molar-refractivity contribution is 6.00. The summed E-state index contributed by atoms with van der Waals surface area (Å²) in [5.74, 6) is 1.02. The van der Waals surface area contributed by atoms with Crippen molar-refractivity contribution < 1.29 is 0 Å². The molecule has 0 aromatic heterocycles. The summed E-state index contributed by atoms with van der Waals surface area (Å²) in [4.78, 5) is 4.62. The number of amidine groups is 1. The van der Waals surface area contributed by atoms with Crippen LogP contribution in [-0.2, 0) is 0 Å². The predicted molar refractivity (Wildman–Crippen MR) is 59.7 cm³/mol. The Morgan fingerprint density at radius 1 is 1.21 bits per heavy atom. The van der Waals surface area contributed by atoms with Crippen LogP contribution in [0.15, 0.2) is 35.3 Å². The topological polar surface area (TPSA) is 24.4 Å². The highest BCUT2D eigenvalue weighted by Crippen LogP contribution is 2.20. The Kier molecular flexibility index (Phi) is 2.06. The molecule has 1 heterocycles. The van der Waals surface area contributed by atoms with Crippen molar-refractivity contribution in [1.29, 1.82) is 0 Å². The van der Waals surface area contributed by atoms with E-state index >= 15 is 0 Å². The lowest BCUT2D eigenvalue weighted by molar-refractivity contribution is 0.422. The first-order valence-electron chi connectivity index (χ1n) is 5.01. The first-order chi connectivity index (χ1) is 6.59. The summed E-state index contributed by atoms with van der Waals surface area (Å²) in [6, 6.07) is 10.6. The Morgan fingerprint density at radius 3 is 2.36 bits per heavy atom. The van der Waals surface area contributed by atoms with Gasteiger partial charge < -0.3 is 5.32 Å². The average molecular weight is 188 g/mol. The molecule has 0 spiro atoms. The van der Waals surface area contributed by atoms with Gasteiger partial charge in [-0.25, -0.2) is 0 Å². The van der Waals surface area contributed by atoms with Gasteiger partial charge in [-0.2, -0.15) is 0 Å². The molecular formula is C12H16N2. The monoisotopic (exact) mass is 188 g/mol.